The smallest absolute Gasteiger partial charge is 0.177 e. The number of fused-ring (bicyclic) bond motifs is 1. The molecule has 0 amide bonds. The fraction of sp³-hybridized carbons (Fsp3) is 0.400. The first-order chi connectivity index (χ1) is 12.2. The summed E-state index contributed by atoms with van der Waals surface area (Å²) in [5, 5.41) is 1.44. The van der Waals surface area contributed by atoms with Gasteiger partial charge in [-0.1, -0.05) is 36.0 Å². The Hall–Kier alpha value is -1.58. The molecule has 0 radical (unpaired) electrons. The number of rotatable bonds is 4. The van der Waals surface area contributed by atoms with Gasteiger partial charge in [-0.25, -0.2) is 9.97 Å². The molecule has 0 aliphatic heterocycles. The van der Waals surface area contributed by atoms with Crippen molar-refractivity contribution < 1.29 is 0 Å². The first-order valence-electron chi connectivity index (χ1n) is 8.93. The topological polar surface area (TPSA) is 41.6 Å². The molecule has 130 valence electrons. The third-order valence-electron chi connectivity index (χ3n) is 5.21. The van der Waals surface area contributed by atoms with Crippen molar-refractivity contribution in [1.82, 2.24) is 15.0 Å². The van der Waals surface area contributed by atoms with Crippen molar-refractivity contribution >= 4 is 34.4 Å². The average molecular weight is 374 g/mol. The van der Waals surface area contributed by atoms with E-state index < -0.39 is 0 Å². The van der Waals surface area contributed by atoms with Crippen LogP contribution < -0.4 is 0 Å². The third-order valence-corrected chi connectivity index (χ3v) is 5.65. The highest BCUT2D eigenvalue weighted by Gasteiger charge is 2.25. The zero-order valence-corrected chi connectivity index (χ0v) is 15.5. The minimum absolute atomic E-state index is 0.510. The maximum Gasteiger partial charge on any atom is 0.177 e. The Morgan fingerprint density at radius 3 is 2.76 bits per heavy atom. The van der Waals surface area contributed by atoms with Gasteiger partial charge in [0.15, 0.2) is 5.65 Å². The molecule has 3 nitrogen and oxygen atoms in total. The second-order valence-corrected chi connectivity index (χ2v) is 7.92. The number of hydrogen-bond acceptors (Lipinski definition) is 2. The number of H-pyrrole nitrogens is 1. The molecular weight excluding hydrogens is 353 g/mol. The number of nitrogens with one attached hydrogen (secondary N) is 1. The molecule has 3 aromatic rings. The molecule has 25 heavy (non-hydrogen) atoms. The molecule has 2 unspecified atom stereocenters. The Bertz CT molecular complexity index is 821. The molecule has 1 fully saturated rings. The molecule has 1 saturated carbocycles. The van der Waals surface area contributed by atoms with Crippen LogP contribution in [0.15, 0.2) is 36.5 Å². The number of halogens is 2. The summed E-state index contributed by atoms with van der Waals surface area (Å²) in [6, 6.07) is 9.84. The Kier molecular flexibility index (Phi) is 4.96. The molecule has 0 spiro atoms. The number of aromatic nitrogens is 3. The molecule has 0 bridgehead atoms. The van der Waals surface area contributed by atoms with Gasteiger partial charge in [0.2, 0.25) is 0 Å². The number of hydrogen-bond donors (Lipinski definition) is 1. The largest absolute Gasteiger partial charge is 0.340 e. The summed E-state index contributed by atoms with van der Waals surface area (Å²) in [4.78, 5) is 12.5. The Morgan fingerprint density at radius 1 is 1.12 bits per heavy atom. The van der Waals surface area contributed by atoms with Crippen LogP contribution in [0.5, 0.6) is 0 Å². The van der Waals surface area contributed by atoms with Gasteiger partial charge in [0, 0.05) is 22.2 Å². The highest BCUT2D eigenvalue weighted by Crippen LogP contribution is 2.37. The van der Waals surface area contributed by atoms with Crippen molar-refractivity contribution in [3.63, 3.8) is 0 Å². The van der Waals surface area contributed by atoms with E-state index in [2.05, 4.69) is 9.97 Å². The summed E-state index contributed by atoms with van der Waals surface area (Å²) in [7, 11) is 0. The second-order valence-electron chi connectivity index (χ2n) is 7.04. The molecule has 1 aromatic carbocycles. The molecule has 1 aliphatic carbocycles. The van der Waals surface area contributed by atoms with Gasteiger partial charge in [0.05, 0.1) is 5.52 Å². The van der Waals surface area contributed by atoms with E-state index in [1.807, 2.05) is 24.3 Å². The molecule has 5 heteroatoms. The van der Waals surface area contributed by atoms with Gasteiger partial charge < -0.3 is 4.98 Å². The van der Waals surface area contributed by atoms with E-state index in [0.717, 1.165) is 39.4 Å². The van der Waals surface area contributed by atoms with Gasteiger partial charge in [-0.05, 0) is 67.5 Å². The van der Waals surface area contributed by atoms with Crippen LogP contribution in [-0.4, -0.2) is 15.0 Å². The van der Waals surface area contributed by atoms with Gasteiger partial charge in [0.25, 0.3) is 0 Å². The van der Waals surface area contributed by atoms with Crippen molar-refractivity contribution in [3.8, 4) is 0 Å². The molecule has 1 N–H and O–H groups in total. The Morgan fingerprint density at radius 2 is 1.96 bits per heavy atom. The van der Waals surface area contributed by atoms with Crippen LogP contribution >= 0.6 is 23.2 Å². The molecule has 2 heterocycles. The van der Waals surface area contributed by atoms with E-state index in [1.165, 1.54) is 37.7 Å². The molecule has 4 rings (SSSR count). The van der Waals surface area contributed by atoms with Crippen LogP contribution in [-0.2, 0) is 6.42 Å². The van der Waals surface area contributed by atoms with E-state index in [-0.39, 0.29) is 0 Å². The normalized spacial score (nSPS) is 20.9. The van der Waals surface area contributed by atoms with Crippen molar-refractivity contribution in [2.75, 3.05) is 0 Å². The first-order valence-corrected chi connectivity index (χ1v) is 9.68. The monoisotopic (exact) mass is 373 g/mol. The fourth-order valence-electron chi connectivity index (χ4n) is 3.98. The predicted molar refractivity (Wildman–Crippen MR) is 103 cm³/mol. The van der Waals surface area contributed by atoms with Crippen molar-refractivity contribution in [3.05, 3.63) is 58.0 Å². The summed E-state index contributed by atoms with van der Waals surface area (Å²) in [5.41, 5.74) is 3.09. The Labute approximate surface area is 157 Å². The van der Waals surface area contributed by atoms with Gasteiger partial charge in [-0.2, -0.15) is 0 Å². The van der Waals surface area contributed by atoms with E-state index >= 15 is 0 Å². The minimum atomic E-state index is 0.510. The number of nitrogens with zero attached hydrogens (tertiary/aromatic N) is 2. The van der Waals surface area contributed by atoms with E-state index in [9.17, 15) is 0 Å². The highest BCUT2D eigenvalue weighted by molar-refractivity contribution is 6.34. The SMILES string of the molecule is Clc1cc(Cl)cc(CCC2CCCC(c3nc4ncccc4[nH]3)C2)c1. The Balaban J connectivity index is 1.42. The predicted octanol–water partition coefficient (Wildman–Crippen LogP) is 6.17. The quantitative estimate of drug-likeness (QED) is 0.593. The van der Waals surface area contributed by atoms with E-state index in [1.54, 1.807) is 12.3 Å². The van der Waals surface area contributed by atoms with Crippen LogP contribution in [0.2, 0.25) is 10.0 Å². The van der Waals surface area contributed by atoms with Crippen molar-refractivity contribution in [1.29, 1.82) is 0 Å². The first kappa shape index (κ1) is 16.9. The average Bonchev–Trinajstić information content (AvgIpc) is 3.04. The van der Waals surface area contributed by atoms with Crippen LogP contribution in [0.1, 0.15) is 49.4 Å². The van der Waals surface area contributed by atoms with Crippen LogP contribution in [0.3, 0.4) is 0 Å². The molecule has 1 aliphatic rings. The minimum Gasteiger partial charge on any atom is -0.340 e. The van der Waals surface area contributed by atoms with Crippen molar-refractivity contribution in [2.24, 2.45) is 5.92 Å². The molecule has 2 aromatic heterocycles. The number of pyridine rings is 1. The summed E-state index contributed by atoms with van der Waals surface area (Å²) < 4.78 is 0. The van der Waals surface area contributed by atoms with Crippen LogP contribution in [0.4, 0.5) is 0 Å². The number of benzene rings is 1. The van der Waals surface area contributed by atoms with E-state index in [0.29, 0.717) is 5.92 Å². The maximum absolute atomic E-state index is 6.11. The lowest BCUT2D eigenvalue weighted by atomic mass is 9.78. The summed E-state index contributed by atoms with van der Waals surface area (Å²) in [5.74, 6) is 2.33. The standard InChI is InChI=1S/C20H21Cl2N3/c21-16-10-14(11-17(22)12-16)7-6-13-3-1-4-15(9-13)19-24-18-5-2-8-23-20(18)25-19/h2,5,8,10-13,15H,1,3-4,6-7,9H2,(H,23,24,25). The van der Waals surface area contributed by atoms with Gasteiger partial charge in [-0.15, -0.1) is 0 Å². The zero-order chi connectivity index (χ0) is 17.2. The molecule has 2 atom stereocenters. The lowest BCUT2D eigenvalue weighted by molar-refractivity contribution is 0.300. The van der Waals surface area contributed by atoms with Gasteiger partial charge in [-0.3, -0.25) is 0 Å². The summed E-state index contributed by atoms with van der Waals surface area (Å²) in [6.45, 7) is 0. The highest BCUT2D eigenvalue weighted by atomic mass is 35.5. The van der Waals surface area contributed by atoms with Gasteiger partial charge >= 0.3 is 0 Å². The summed E-state index contributed by atoms with van der Waals surface area (Å²) >= 11 is 12.2. The van der Waals surface area contributed by atoms with Gasteiger partial charge in [0.1, 0.15) is 5.82 Å². The fourth-order valence-corrected chi connectivity index (χ4v) is 4.56. The lowest BCUT2D eigenvalue weighted by Gasteiger charge is -2.28. The van der Waals surface area contributed by atoms with Crippen LogP contribution in [0.25, 0.3) is 11.2 Å². The van der Waals surface area contributed by atoms with Crippen LogP contribution in [0, 0.1) is 5.92 Å². The molecular formula is C20H21Cl2N3. The third kappa shape index (κ3) is 3.99. The zero-order valence-electron chi connectivity index (χ0n) is 14.0. The lowest BCUT2D eigenvalue weighted by Crippen LogP contribution is -2.16. The molecule has 0 saturated heterocycles. The number of aryl methyl sites for hydroxylation is 1. The second kappa shape index (κ2) is 7.35. The number of aromatic amines is 1. The summed E-state index contributed by atoms with van der Waals surface area (Å²) in [6.07, 6.45) is 8.95. The van der Waals surface area contributed by atoms with Crippen molar-refractivity contribution in [2.45, 2.75) is 44.4 Å². The van der Waals surface area contributed by atoms with E-state index in [4.69, 9.17) is 28.2 Å². The maximum atomic E-state index is 6.11. The number of imidazole rings is 1.